The second-order valence-electron chi connectivity index (χ2n) is 3.87. The lowest BCUT2D eigenvalue weighted by Gasteiger charge is -2.12. The fraction of sp³-hybridized carbons (Fsp3) is 0.0769. The minimum absolute atomic E-state index is 0.102. The molecule has 0 spiro atoms. The topological polar surface area (TPSA) is 56.0 Å². The molecule has 1 aromatic heterocycles. The number of aromatic nitrogens is 1. The zero-order valence-corrected chi connectivity index (χ0v) is 9.61. The highest BCUT2D eigenvalue weighted by atomic mass is 19.4. The van der Waals surface area contributed by atoms with Crippen LogP contribution in [-0.4, -0.2) is 10.8 Å². The number of ketones is 1. The van der Waals surface area contributed by atoms with Crippen molar-refractivity contribution in [2.75, 3.05) is 5.73 Å². The van der Waals surface area contributed by atoms with E-state index in [1.165, 1.54) is 24.5 Å². The number of anilines is 1. The normalized spacial score (nSPS) is 11.3. The highest BCUT2D eigenvalue weighted by molar-refractivity contribution is 6.10. The van der Waals surface area contributed by atoms with E-state index >= 15 is 0 Å². The number of carbonyl (C=O) groups is 1. The van der Waals surface area contributed by atoms with Crippen molar-refractivity contribution in [2.24, 2.45) is 0 Å². The zero-order chi connectivity index (χ0) is 14.0. The van der Waals surface area contributed by atoms with Gasteiger partial charge in [-0.1, -0.05) is 0 Å². The molecule has 0 bridgehead atoms. The maximum Gasteiger partial charge on any atom is 0.417 e. The summed E-state index contributed by atoms with van der Waals surface area (Å²) in [5.41, 5.74) is 4.23. The summed E-state index contributed by atoms with van der Waals surface area (Å²) >= 11 is 0. The Labute approximate surface area is 106 Å². The van der Waals surface area contributed by atoms with Gasteiger partial charge in [0.15, 0.2) is 5.78 Å². The first-order valence-electron chi connectivity index (χ1n) is 5.31. The van der Waals surface area contributed by atoms with E-state index in [-0.39, 0.29) is 11.3 Å². The van der Waals surface area contributed by atoms with Crippen LogP contribution in [-0.2, 0) is 6.18 Å². The Hall–Kier alpha value is -2.37. The van der Waals surface area contributed by atoms with Crippen LogP contribution in [0.4, 0.5) is 18.9 Å². The van der Waals surface area contributed by atoms with E-state index in [2.05, 4.69) is 4.98 Å². The summed E-state index contributed by atoms with van der Waals surface area (Å²) < 4.78 is 38.6. The van der Waals surface area contributed by atoms with Crippen molar-refractivity contribution in [3.05, 3.63) is 59.4 Å². The van der Waals surface area contributed by atoms with Crippen molar-refractivity contribution in [2.45, 2.75) is 6.18 Å². The third-order valence-corrected chi connectivity index (χ3v) is 2.54. The Bertz CT molecular complexity index is 609. The number of rotatable bonds is 2. The third-order valence-electron chi connectivity index (χ3n) is 2.54. The van der Waals surface area contributed by atoms with Crippen LogP contribution in [0, 0.1) is 0 Å². The molecular formula is C13H9F3N2O. The molecule has 0 fully saturated rings. The van der Waals surface area contributed by atoms with Crippen molar-refractivity contribution in [3.63, 3.8) is 0 Å². The number of pyridine rings is 1. The Morgan fingerprint density at radius 1 is 1.11 bits per heavy atom. The van der Waals surface area contributed by atoms with Crippen LogP contribution in [0.3, 0.4) is 0 Å². The lowest BCUT2D eigenvalue weighted by atomic mass is 9.98. The quantitative estimate of drug-likeness (QED) is 0.671. The van der Waals surface area contributed by atoms with Crippen LogP contribution in [0.2, 0.25) is 0 Å². The predicted octanol–water partition coefficient (Wildman–Crippen LogP) is 2.91. The van der Waals surface area contributed by atoms with Gasteiger partial charge in [0, 0.05) is 29.2 Å². The van der Waals surface area contributed by atoms with Gasteiger partial charge in [-0.05, 0) is 30.3 Å². The van der Waals surface area contributed by atoms with Crippen molar-refractivity contribution in [1.82, 2.24) is 4.98 Å². The molecule has 98 valence electrons. The van der Waals surface area contributed by atoms with Gasteiger partial charge in [0.1, 0.15) is 0 Å². The Morgan fingerprint density at radius 2 is 1.74 bits per heavy atom. The first-order chi connectivity index (χ1) is 8.89. The zero-order valence-electron chi connectivity index (χ0n) is 9.61. The average molecular weight is 266 g/mol. The number of alkyl halides is 3. The maximum atomic E-state index is 12.9. The highest BCUT2D eigenvalue weighted by Crippen LogP contribution is 2.33. The van der Waals surface area contributed by atoms with Gasteiger partial charge in [0.05, 0.1) is 5.56 Å². The molecule has 0 saturated carbocycles. The van der Waals surface area contributed by atoms with Crippen molar-refractivity contribution >= 4 is 11.5 Å². The van der Waals surface area contributed by atoms with Gasteiger partial charge in [-0.3, -0.25) is 9.78 Å². The molecule has 2 rings (SSSR count). The summed E-state index contributed by atoms with van der Waals surface area (Å²) in [6.07, 6.45) is -1.93. The first kappa shape index (κ1) is 13.1. The predicted molar refractivity (Wildman–Crippen MR) is 63.5 cm³/mol. The number of hydrogen-bond acceptors (Lipinski definition) is 3. The van der Waals surface area contributed by atoms with Crippen molar-refractivity contribution in [3.8, 4) is 0 Å². The number of hydrogen-bond donors (Lipinski definition) is 1. The third kappa shape index (κ3) is 2.73. The molecule has 0 amide bonds. The molecule has 2 N–H and O–H groups in total. The van der Waals surface area contributed by atoms with E-state index < -0.39 is 23.1 Å². The highest BCUT2D eigenvalue weighted by Gasteiger charge is 2.35. The monoisotopic (exact) mass is 266 g/mol. The minimum Gasteiger partial charge on any atom is -0.399 e. The van der Waals surface area contributed by atoms with Crippen LogP contribution < -0.4 is 5.73 Å². The Morgan fingerprint density at radius 3 is 2.32 bits per heavy atom. The summed E-state index contributed by atoms with van der Waals surface area (Å²) in [7, 11) is 0. The average Bonchev–Trinajstić information content (AvgIpc) is 2.37. The molecule has 6 heteroatoms. The van der Waals surface area contributed by atoms with E-state index in [1.54, 1.807) is 0 Å². The second-order valence-corrected chi connectivity index (χ2v) is 3.87. The van der Waals surface area contributed by atoms with E-state index in [0.717, 1.165) is 18.2 Å². The van der Waals surface area contributed by atoms with E-state index in [0.29, 0.717) is 0 Å². The smallest absolute Gasteiger partial charge is 0.399 e. The summed E-state index contributed by atoms with van der Waals surface area (Å²) in [6, 6.07) is 5.67. The second kappa shape index (κ2) is 4.72. The Balaban J connectivity index is 2.56. The minimum atomic E-state index is -4.61. The Kier molecular flexibility index (Phi) is 3.25. The number of carbonyl (C=O) groups excluding carboxylic acids is 1. The van der Waals surface area contributed by atoms with Gasteiger partial charge in [0.2, 0.25) is 0 Å². The van der Waals surface area contributed by atoms with Crippen LogP contribution in [0.25, 0.3) is 0 Å². The SMILES string of the molecule is Nc1ccc(C(F)(F)F)c(C(=O)c2ccncc2)c1. The van der Waals surface area contributed by atoms with Gasteiger partial charge in [-0.25, -0.2) is 0 Å². The van der Waals surface area contributed by atoms with E-state index in [4.69, 9.17) is 5.73 Å². The molecule has 0 unspecified atom stereocenters. The number of benzene rings is 1. The first-order valence-corrected chi connectivity index (χ1v) is 5.31. The summed E-state index contributed by atoms with van der Waals surface area (Å²) in [6.45, 7) is 0. The van der Waals surface area contributed by atoms with Gasteiger partial charge in [-0.2, -0.15) is 13.2 Å². The van der Waals surface area contributed by atoms with Gasteiger partial charge in [0.25, 0.3) is 0 Å². The van der Waals surface area contributed by atoms with Crippen molar-refractivity contribution < 1.29 is 18.0 Å². The van der Waals surface area contributed by atoms with E-state index in [9.17, 15) is 18.0 Å². The molecule has 0 radical (unpaired) electrons. The summed E-state index contributed by atoms with van der Waals surface area (Å²) in [4.78, 5) is 15.8. The molecule has 0 aliphatic carbocycles. The van der Waals surface area contributed by atoms with Crippen molar-refractivity contribution in [1.29, 1.82) is 0 Å². The fourth-order valence-corrected chi connectivity index (χ4v) is 1.66. The van der Waals surface area contributed by atoms with Gasteiger partial charge >= 0.3 is 6.18 Å². The molecule has 19 heavy (non-hydrogen) atoms. The molecule has 1 heterocycles. The molecule has 2 aromatic rings. The summed E-state index contributed by atoms with van der Waals surface area (Å²) in [5.74, 6) is -0.734. The largest absolute Gasteiger partial charge is 0.417 e. The van der Waals surface area contributed by atoms with Crippen LogP contribution in [0.15, 0.2) is 42.7 Å². The van der Waals surface area contributed by atoms with Crippen LogP contribution in [0.5, 0.6) is 0 Å². The van der Waals surface area contributed by atoms with Crippen LogP contribution >= 0.6 is 0 Å². The van der Waals surface area contributed by atoms with Crippen LogP contribution in [0.1, 0.15) is 21.5 Å². The molecule has 1 aromatic carbocycles. The number of nitrogen functional groups attached to an aromatic ring is 1. The lowest BCUT2D eigenvalue weighted by molar-refractivity contribution is -0.137. The maximum absolute atomic E-state index is 12.9. The number of nitrogens with zero attached hydrogens (tertiary/aromatic N) is 1. The fourth-order valence-electron chi connectivity index (χ4n) is 1.66. The molecule has 0 aliphatic rings. The van der Waals surface area contributed by atoms with E-state index in [1.807, 2.05) is 0 Å². The van der Waals surface area contributed by atoms with Gasteiger partial charge < -0.3 is 5.73 Å². The number of halogens is 3. The molecule has 0 atom stereocenters. The standard InChI is InChI=1S/C13H9F3N2O/c14-13(15,16)11-2-1-9(17)7-10(11)12(19)8-3-5-18-6-4-8/h1-7H,17H2. The molecule has 0 aliphatic heterocycles. The molecular weight excluding hydrogens is 257 g/mol. The summed E-state index contributed by atoms with van der Waals surface area (Å²) in [5, 5.41) is 0. The molecule has 3 nitrogen and oxygen atoms in total. The van der Waals surface area contributed by atoms with Gasteiger partial charge in [-0.15, -0.1) is 0 Å². The molecule has 0 saturated heterocycles. The number of nitrogens with two attached hydrogens (primary N) is 1. The lowest BCUT2D eigenvalue weighted by Crippen LogP contribution is -2.14.